The first kappa shape index (κ1) is 24.9. The van der Waals surface area contributed by atoms with Gasteiger partial charge in [-0.3, -0.25) is 0 Å². The smallest absolute Gasteiger partial charge is 0.189 e. The molecule has 0 aromatic heterocycles. The molecule has 0 N–H and O–H groups in total. The molecular formula is C22H20ClF2NO6S2. The van der Waals surface area contributed by atoms with E-state index in [1.54, 1.807) is 6.07 Å². The summed E-state index contributed by atoms with van der Waals surface area (Å²) in [4.78, 5) is -0.142. The lowest BCUT2D eigenvalue weighted by Crippen LogP contribution is -2.57. The van der Waals surface area contributed by atoms with Crippen LogP contribution >= 0.6 is 11.6 Å². The number of halogens is 3. The first-order chi connectivity index (χ1) is 16.0. The fraction of sp³-hybridized carbons (Fsp3) is 0.409. The largest absolute Gasteiger partial charge is 0.490 e. The normalized spacial score (nSPS) is 24.4. The van der Waals surface area contributed by atoms with Crippen molar-refractivity contribution in [2.75, 3.05) is 24.7 Å². The zero-order valence-electron chi connectivity index (χ0n) is 17.7. The Bertz CT molecular complexity index is 1360. The molecule has 0 amide bonds. The predicted octanol–water partition coefficient (Wildman–Crippen LogP) is 3.41. The molecule has 12 heteroatoms. The van der Waals surface area contributed by atoms with E-state index in [9.17, 15) is 21.2 Å². The fourth-order valence-electron chi connectivity index (χ4n) is 4.80. The molecule has 182 valence electrons. The number of benzene rings is 2. The summed E-state index contributed by atoms with van der Waals surface area (Å²) in [6.07, 6.45) is -1.29. The number of ether oxygens (including phenoxy) is 2. The van der Waals surface area contributed by atoms with Gasteiger partial charge in [0, 0.05) is 17.5 Å². The van der Waals surface area contributed by atoms with Gasteiger partial charge in [-0.1, -0.05) is 11.6 Å². The molecule has 2 aliphatic heterocycles. The average molecular weight is 532 g/mol. The van der Waals surface area contributed by atoms with Crippen molar-refractivity contribution < 1.29 is 35.1 Å². The Balaban J connectivity index is 1.89. The predicted molar refractivity (Wildman–Crippen MR) is 119 cm³/mol. The van der Waals surface area contributed by atoms with Crippen molar-refractivity contribution in [2.24, 2.45) is 5.92 Å². The molecule has 0 unspecified atom stereocenters. The number of nitrogens with zero attached hydrogens (tertiary/aromatic N) is 1. The van der Waals surface area contributed by atoms with E-state index in [1.165, 1.54) is 24.3 Å². The zero-order chi connectivity index (χ0) is 24.7. The topological polar surface area (TPSA) is 111 Å². The zero-order valence-corrected chi connectivity index (χ0v) is 20.1. The van der Waals surface area contributed by atoms with Crippen LogP contribution in [0.3, 0.4) is 0 Å². The highest BCUT2D eigenvalue weighted by molar-refractivity contribution is 7.92. The van der Waals surface area contributed by atoms with Gasteiger partial charge in [0.15, 0.2) is 31.2 Å². The lowest BCUT2D eigenvalue weighted by Gasteiger charge is -2.50. The SMILES string of the molecule is N#CCS(=O)(=O)CC[C@@H]1OCC[C@@]2(S(=O)(=O)c3ccc(Cl)cc3)c3c(F)ccc(F)c3OC[C@@H]12. The first-order valence-electron chi connectivity index (χ1n) is 10.3. The monoisotopic (exact) mass is 531 g/mol. The Morgan fingerprint density at radius 2 is 1.76 bits per heavy atom. The number of rotatable bonds is 6. The van der Waals surface area contributed by atoms with E-state index in [1.807, 2.05) is 0 Å². The molecule has 2 heterocycles. The van der Waals surface area contributed by atoms with Gasteiger partial charge in [-0.2, -0.15) is 5.26 Å². The van der Waals surface area contributed by atoms with E-state index in [0.717, 1.165) is 12.1 Å². The molecule has 34 heavy (non-hydrogen) atoms. The van der Waals surface area contributed by atoms with Crippen LogP contribution in [0.5, 0.6) is 5.75 Å². The van der Waals surface area contributed by atoms with E-state index in [-0.39, 0.29) is 31.0 Å². The van der Waals surface area contributed by atoms with Crippen LogP contribution < -0.4 is 4.74 Å². The van der Waals surface area contributed by atoms with Crippen LogP contribution in [0.25, 0.3) is 0 Å². The standard InChI is InChI=1S/C22H20ClF2NO6S2/c23-14-1-3-15(4-2-14)34(29,30)22-8-10-31-19(7-11-33(27,28)12-9-26)16(22)13-32-21-18(25)6-5-17(24)20(21)22/h1-6,16,19H,7-8,10-13H2/t16-,19-,22-/m0/s1. The van der Waals surface area contributed by atoms with Crippen molar-refractivity contribution in [2.45, 2.75) is 28.6 Å². The molecule has 0 spiro atoms. The van der Waals surface area contributed by atoms with Crippen molar-refractivity contribution in [1.82, 2.24) is 0 Å². The van der Waals surface area contributed by atoms with Gasteiger partial charge in [0.25, 0.3) is 0 Å². The molecule has 2 aliphatic rings. The molecule has 7 nitrogen and oxygen atoms in total. The summed E-state index contributed by atoms with van der Waals surface area (Å²) in [6.45, 7) is -0.467. The van der Waals surface area contributed by atoms with Crippen LogP contribution in [0, 0.1) is 28.9 Å². The van der Waals surface area contributed by atoms with Crippen molar-refractivity contribution >= 4 is 31.3 Å². The summed E-state index contributed by atoms with van der Waals surface area (Å²) < 4.78 is 91.7. The molecule has 2 aromatic carbocycles. The maximum absolute atomic E-state index is 15.3. The van der Waals surface area contributed by atoms with Crippen LogP contribution in [-0.4, -0.2) is 47.7 Å². The minimum atomic E-state index is -4.38. The molecule has 1 saturated heterocycles. The molecule has 2 aromatic rings. The first-order valence-corrected chi connectivity index (χ1v) is 14.0. The van der Waals surface area contributed by atoms with Crippen molar-refractivity contribution in [3.8, 4) is 11.8 Å². The highest BCUT2D eigenvalue weighted by Crippen LogP contribution is 2.55. The van der Waals surface area contributed by atoms with Gasteiger partial charge in [0.2, 0.25) is 0 Å². The second kappa shape index (κ2) is 9.07. The van der Waals surface area contributed by atoms with Crippen LogP contribution in [-0.2, 0) is 29.2 Å². The van der Waals surface area contributed by atoms with E-state index in [0.29, 0.717) is 5.02 Å². The Kier molecular flexibility index (Phi) is 6.63. The lowest BCUT2D eigenvalue weighted by molar-refractivity contribution is -0.0732. The van der Waals surface area contributed by atoms with E-state index in [2.05, 4.69) is 0 Å². The molecule has 3 atom stereocenters. The van der Waals surface area contributed by atoms with Gasteiger partial charge < -0.3 is 9.47 Å². The van der Waals surface area contributed by atoms with Crippen LogP contribution in [0.1, 0.15) is 18.4 Å². The Hall–Kier alpha value is -2.26. The second-order valence-corrected chi connectivity index (χ2v) is 13.0. The van der Waals surface area contributed by atoms with Gasteiger partial charge in [0.05, 0.1) is 35.0 Å². The van der Waals surface area contributed by atoms with E-state index >= 15 is 4.39 Å². The average Bonchev–Trinajstić information content (AvgIpc) is 2.79. The van der Waals surface area contributed by atoms with Gasteiger partial charge in [-0.25, -0.2) is 25.6 Å². The minimum absolute atomic E-state index is 0.137. The summed E-state index contributed by atoms with van der Waals surface area (Å²) in [5.74, 6) is -4.50. The molecule has 0 bridgehead atoms. The fourth-order valence-corrected chi connectivity index (χ4v) is 8.20. The number of hydrogen-bond donors (Lipinski definition) is 0. The Morgan fingerprint density at radius 1 is 1.09 bits per heavy atom. The van der Waals surface area contributed by atoms with Crippen LogP contribution in [0.4, 0.5) is 8.78 Å². The summed E-state index contributed by atoms with van der Waals surface area (Å²) in [6, 6.07) is 8.64. The Labute approximate surface area is 201 Å². The third-order valence-electron chi connectivity index (χ3n) is 6.34. The summed E-state index contributed by atoms with van der Waals surface area (Å²) in [5.41, 5.74) is -0.424. The van der Waals surface area contributed by atoms with E-state index in [4.69, 9.17) is 26.3 Å². The Morgan fingerprint density at radius 3 is 2.44 bits per heavy atom. The second-order valence-electron chi connectivity index (χ2n) is 8.20. The minimum Gasteiger partial charge on any atom is -0.490 e. The number of hydrogen-bond acceptors (Lipinski definition) is 7. The highest BCUT2D eigenvalue weighted by Gasteiger charge is 2.61. The van der Waals surface area contributed by atoms with E-state index < -0.39 is 70.9 Å². The van der Waals surface area contributed by atoms with Crippen LogP contribution in [0.2, 0.25) is 5.02 Å². The van der Waals surface area contributed by atoms with Gasteiger partial charge in [-0.15, -0.1) is 0 Å². The third-order valence-corrected chi connectivity index (χ3v) is 10.6. The van der Waals surface area contributed by atoms with Crippen molar-refractivity contribution in [1.29, 1.82) is 5.26 Å². The molecule has 0 saturated carbocycles. The molecule has 0 radical (unpaired) electrons. The van der Waals surface area contributed by atoms with Crippen molar-refractivity contribution in [3.05, 3.63) is 58.6 Å². The third kappa shape index (κ3) is 4.06. The molecule has 4 rings (SSSR count). The number of sulfone groups is 2. The van der Waals surface area contributed by atoms with Gasteiger partial charge in [-0.05, 0) is 49.2 Å². The quantitative estimate of drug-likeness (QED) is 0.561. The summed E-state index contributed by atoms with van der Waals surface area (Å²) >= 11 is 5.92. The molecule has 1 fully saturated rings. The van der Waals surface area contributed by atoms with Crippen LogP contribution in [0.15, 0.2) is 41.3 Å². The maximum atomic E-state index is 15.3. The van der Waals surface area contributed by atoms with Gasteiger partial charge >= 0.3 is 0 Å². The van der Waals surface area contributed by atoms with Gasteiger partial charge in [0.1, 0.15) is 16.3 Å². The lowest BCUT2D eigenvalue weighted by atomic mass is 9.75. The molecule has 0 aliphatic carbocycles. The van der Waals surface area contributed by atoms with Crippen molar-refractivity contribution in [3.63, 3.8) is 0 Å². The number of fused-ring (bicyclic) bond motifs is 3. The highest BCUT2D eigenvalue weighted by atomic mass is 35.5. The summed E-state index contributed by atoms with van der Waals surface area (Å²) in [7, 11) is -8.11. The molecular weight excluding hydrogens is 512 g/mol. The maximum Gasteiger partial charge on any atom is 0.189 e. The summed E-state index contributed by atoms with van der Waals surface area (Å²) in [5, 5.41) is 9.04. The number of nitriles is 1.